The zero-order valence-corrected chi connectivity index (χ0v) is 21.3. The van der Waals surface area contributed by atoms with E-state index < -0.39 is 87.6 Å². The number of ketones is 2. The lowest BCUT2D eigenvalue weighted by Crippen LogP contribution is -2.71. The molecule has 3 saturated carbocycles. The zero-order valence-electron chi connectivity index (χ0n) is 21.3. The molecule has 4 aliphatic rings. The van der Waals surface area contributed by atoms with Crippen molar-refractivity contribution in [3.63, 3.8) is 0 Å². The van der Waals surface area contributed by atoms with Gasteiger partial charge < -0.3 is 20.4 Å². The van der Waals surface area contributed by atoms with Crippen LogP contribution in [-0.2, 0) is 14.4 Å². The minimum absolute atomic E-state index is 0.0138. The molecule has 0 bridgehead atoms. The highest BCUT2D eigenvalue weighted by Gasteiger charge is 2.76. The fourth-order valence-electron chi connectivity index (χ4n) is 7.98. The molecule has 10 atom stereocenters. The predicted octanol–water partition coefficient (Wildman–Crippen LogP) is 2.71. The number of aliphatic hydroxyl groups is 3. The number of aliphatic carboxylic acids is 1. The lowest BCUT2D eigenvalue weighted by Gasteiger charge is -2.63. The van der Waals surface area contributed by atoms with Gasteiger partial charge in [0, 0.05) is 16.7 Å². The second-order valence-corrected chi connectivity index (χ2v) is 12.5. The number of carbonyl (C=O) groups excluding carboxylic acids is 2. The molecule has 0 saturated heterocycles. The van der Waals surface area contributed by atoms with E-state index in [0.717, 1.165) is 6.08 Å². The molecular weight excluding hydrogens is 474 g/mol. The first kappa shape index (κ1) is 27.1. The summed E-state index contributed by atoms with van der Waals surface area (Å²) >= 11 is 0. The first-order valence-electron chi connectivity index (χ1n) is 12.5. The number of carboxylic acid groups (broad SMARTS) is 1. The van der Waals surface area contributed by atoms with Crippen LogP contribution < -0.4 is 0 Å². The van der Waals surface area contributed by atoms with Crippen LogP contribution in [0.1, 0.15) is 60.3 Å². The Morgan fingerprint density at radius 1 is 1.22 bits per heavy atom. The monoisotopic (exact) mass is 510 g/mol. The van der Waals surface area contributed by atoms with Crippen molar-refractivity contribution in [1.82, 2.24) is 0 Å². The Balaban J connectivity index is 1.76. The Labute approximate surface area is 209 Å². The molecule has 0 aromatic heterocycles. The third kappa shape index (κ3) is 3.21. The number of rotatable bonds is 5. The standard InChI is InChI=1S/C27H36F2O7/c1-13-8-15-16-10-18(28)17-9-14(30)6-7-24(17,4)26(16,29)20(32)12-25(15,5)27(13,36)21(33)19(31)11-23(2,3)22(34)35/h6-7,9,13,15-16,18-20,31-32,36H,8,10-12H2,1-5H3,(H,34,35)/t13-,15+,16+,18+,19?,20+,24+,25+,26?,27+/m1/s1. The van der Waals surface area contributed by atoms with Crippen molar-refractivity contribution in [3.8, 4) is 0 Å². The average Bonchev–Trinajstić information content (AvgIpc) is 2.97. The van der Waals surface area contributed by atoms with E-state index >= 15 is 8.78 Å². The Kier molecular flexibility index (Phi) is 6.03. The molecular formula is C27H36F2O7. The van der Waals surface area contributed by atoms with E-state index in [9.17, 15) is 34.8 Å². The number of alkyl halides is 2. The predicted molar refractivity (Wildman–Crippen MR) is 125 cm³/mol. The van der Waals surface area contributed by atoms with Gasteiger partial charge in [0.25, 0.3) is 0 Å². The van der Waals surface area contributed by atoms with Crippen molar-refractivity contribution in [2.45, 2.75) is 90.0 Å². The van der Waals surface area contributed by atoms with E-state index in [1.807, 2.05) is 0 Å². The number of hydrogen-bond donors (Lipinski definition) is 4. The van der Waals surface area contributed by atoms with E-state index in [4.69, 9.17) is 0 Å². The summed E-state index contributed by atoms with van der Waals surface area (Å²) in [6.07, 6.45) is -2.46. The van der Waals surface area contributed by atoms with Crippen LogP contribution in [0.5, 0.6) is 0 Å². The summed E-state index contributed by atoms with van der Waals surface area (Å²) in [6.45, 7) is 7.36. The van der Waals surface area contributed by atoms with E-state index in [1.54, 1.807) is 13.8 Å². The maximum atomic E-state index is 17.2. The minimum atomic E-state index is -2.35. The fourth-order valence-corrected chi connectivity index (χ4v) is 7.98. The highest BCUT2D eigenvalue weighted by atomic mass is 19.1. The summed E-state index contributed by atoms with van der Waals surface area (Å²) in [4.78, 5) is 37.1. The first-order valence-corrected chi connectivity index (χ1v) is 12.5. The lowest BCUT2D eigenvalue weighted by atomic mass is 9.44. The fraction of sp³-hybridized carbons (Fsp3) is 0.741. The van der Waals surface area contributed by atoms with Gasteiger partial charge in [-0.15, -0.1) is 0 Å². The Bertz CT molecular complexity index is 1070. The molecule has 4 N–H and O–H groups in total. The van der Waals surface area contributed by atoms with Gasteiger partial charge in [0.2, 0.25) is 0 Å². The molecule has 200 valence electrons. The maximum absolute atomic E-state index is 17.2. The van der Waals surface area contributed by atoms with Crippen LogP contribution in [0, 0.1) is 34.0 Å². The summed E-state index contributed by atoms with van der Waals surface area (Å²) in [6, 6.07) is 0. The average molecular weight is 511 g/mol. The molecule has 0 aromatic rings. The van der Waals surface area contributed by atoms with E-state index in [-0.39, 0.29) is 24.8 Å². The molecule has 7 nitrogen and oxygen atoms in total. The molecule has 3 fully saturated rings. The van der Waals surface area contributed by atoms with E-state index in [0.29, 0.717) is 0 Å². The van der Waals surface area contributed by atoms with Crippen molar-refractivity contribution in [2.24, 2.45) is 34.0 Å². The summed E-state index contributed by atoms with van der Waals surface area (Å²) in [5.74, 6) is -5.17. The van der Waals surface area contributed by atoms with E-state index in [1.165, 1.54) is 32.9 Å². The number of carbonyl (C=O) groups is 3. The van der Waals surface area contributed by atoms with Gasteiger partial charge in [-0.1, -0.05) is 19.9 Å². The van der Waals surface area contributed by atoms with Crippen molar-refractivity contribution >= 4 is 17.5 Å². The molecule has 0 radical (unpaired) electrons. The molecule has 36 heavy (non-hydrogen) atoms. The number of Topliss-reactive ketones (excluding diaryl/α,β-unsaturated/α-hetero) is 1. The molecule has 0 aliphatic heterocycles. The van der Waals surface area contributed by atoms with Gasteiger partial charge in [-0.25, -0.2) is 8.78 Å². The molecule has 4 aliphatic carbocycles. The van der Waals surface area contributed by atoms with Crippen LogP contribution in [0.4, 0.5) is 8.78 Å². The van der Waals surface area contributed by atoms with Crippen LogP contribution in [0.25, 0.3) is 0 Å². The Hall–Kier alpha value is -1.97. The Morgan fingerprint density at radius 3 is 2.42 bits per heavy atom. The zero-order chi connectivity index (χ0) is 27.2. The minimum Gasteiger partial charge on any atom is -0.481 e. The lowest BCUT2D eigenvalue weighted by molar-refractivity contribution is -0.225. The summed E-state index contributed by atoms with van der Waals surface area (Å²) in [5.41, 5.74) is -8.97. The second kappa shape index (κ2) is 8.01. The molecule has 0 amide bonds. The number of allylic oxidation sites excluding steroid dienone is 4. The first-order chi connectivity index (χ1) is 16.4. The SMILES string of the molecule is C[C@@H]1C[C@H]2[C@@H]3C[C@H](F)C4=CC(=O)C=C[C@]4(C)C3(F)[C@@H](O)C[C@]2(C)[C@@]1(O)C(=O)C(O)CC(C)(C)C(=O)O. The maximum Gasteiger partial charge on any atom is 0.309 e. The molecule has 0 heterocycles. The highest BCUT2D eigenvalue weighted by Crippen LogP contribution is 2.71. The molecule has 2 unspecified atom stereocenters. The molecule has 0 aromatic carbocycles. The van der Waals surface area contributed by atoms with Crippen molar-refractivity contribution in [1.29, 1.82) is 0 Å². The number of fused-ring (bicyclic) bond motifs is 5. The molecule has 9 heteroatoms. The van der Waals surface area contributed by atoms with Crippen LogP contribution in [0.15, 0.2) is 23.8 Å². The van der Waals surface area contributed by atoms with Crippen LogP contribution >= 0.6 is 0 Å². The normalized spacial score (nSPS) is 46.9. The van der Waals surface area contributed by atoms with Gasteiger partial charge in [-0.3, -0.25) is 14.4 Å². The van der Waals surface area contributed by atoms with Gasteiger partial charge in [0.05, 0.1) is 11.5 Å². The van der Waals surface area contributed by atoms with Crippen molar-refractivity contribution < 1.29 is 43.6 Å². The summed E-state index contributed by atoms with van der Waals surface area (Å²) in [7, 11) is 0. The quantitative estimate of drug-likeness (QED) is 0.447. The largest absolute Gasteiger partial charge is 0.481 e. The number of hydrogen-bond acceptors (Lipinski definition) is 6. The summed E-state index contributed by atoms with van der Waals surface area (Å²) in [5, 5.41) is 43.4. The van der Waals surface area contributed by atoms with Crippen LogP contribution in [0.3, 0.4) is 0 Å². The molecule has 4 rings (SSSR count). The van der Waals surface area contributed by atoms with Crippen LogP contribution in [0.2, 0.25) is 0 Å². The van der Waals surface area contributed by atoms with Gasteiger partial charge in [-0.2, -0.15) is 0 Å². The van der Waals surface area contributed by atoms with Crippen molar-refractivity contribution in [2.75, 3.05) is 0 Å². The molecule has 0 spiro atoms. The third-order valence-electron chi connectivity index (χ3n) is 10.2. The number of halogens is 2. The van der Waals surface area contributed by atoms with Gasteiger partial charge in [0.1, 0.15) is 17.9 Å². The van der Waals surface area contributed by atoms with Crippen molar-refractivity contribution in [3.05, 3.63) is 23.8 Å². The summed E-state index contributed by atoms with van der Waals surface area (Å²) < 4.78 is 32.7. The van der Waals surface area contributed by atoms with E-state index in [2.05, 4.69) is 0 Å². The number of aliphatic hydroxyl groups excluding tert-OH is 2. The Morgan fingerprint density at radius 2 is 1.83 bits per heavy atom. The van der Waals surface area contributed by atoms with Crippen LogP contribution in [-0.4, -0.2) is 67.6 Å². The smallest absolute Gasteiger partial charge is 0.309 e. The third-order valence-corrected chi connectivity index (χ3v) is 10.2. The van der Waals surface area contributed by atoms with Gasteiger partial charge >= 0.3 is 5.97 Å². The topological polar surface area (TPSA) is 132 Å². The van der Waals surface area contributed by atoms with Gasteiger partial charge in [-0.05, 0) is 76.0 Å². The second-order valence-electron chi connectivity index (χ2n) is 12.5. The van der Waals surface area contributed by atoms with Gasteiger partial charge in [0.15, 0.2) is 17.2 Å². The highest BCUT2D eigenvalue weighted by molar-refractivity contribution is 6.01. The number of carboxylic acids is 1.